The molecule has 0 aliphatic carbocycles. The number of hydrogen-bond donors (Lipinski definition) is 1. The number of rotatable bonds is 6. The molecule has 132 valence electrons. The lowest BCUT2D eigenvalue weighted by molar-refractivity contribution is -0.121. The summed E-state index contributed by atoms with van der Waals surface area (Å²) in [5.41, 5.74) is 1.93. The zero-order valence-electron chi connectivity index (χ0n) is 14.2. The average Bonchev–Trinajstić information content (AvgIpc) is 3.33. The molecule has 1 aliphatic heterocycles. The van der Waals surface area contributed by atoms with Gasteiger partial charge in [-0.05, 0) is 29.3 Å². The summed E-state index contributed by atoms with van der Waals surface area (Å²) in [4.78, 5) is 12.6. The van der Waals surface area contributed by atoms with Crippen LogP contribution in [0.5, 0.6) is 11.5 Å². The van der Waals surface area contributed by atoms with E-state index in [2.05, 4.69) is 10.4 Å². The van der Waals surface area contributed by atoms with E-state index in [9.17, 15) is 4.79 Å². The number of amides is 1. The molecule has 0 saturated heterocycles. The van der Waals surface area contributed by atoms with Crippen molar-refractivity contribution >= 4 is 5.91 Å². The number of aromatic nitrogens is 2. The second kappa shape index (κ2) is 7.31. The number of nitrogens with one attached hydrogen (secondary N) is 1. The van der Waals surface area contributed by atoms with Gasteiger partial charge in [-0.2, -0.15) is 5.10 Å². The highest BCUT2D eigenvalue weighted by Gasteiger charge is 2.18. The van der Waals surface area contributed by atoms with Gasteiger partial charge in [0.15, 0.2) is 11.5 Å². The molecule has 0 fully saturated rings. The third-order valence-corrected chi connectivity index (χ3v) is 4.27. The summed E-state index contributed by atoms with van der Waals surface area (Å²) in [6.45, 7) is 0.800. The number of carbonyl (C=O) groups is 1. The Morgan fingerprint density at radius 2 is 1.96 bits per heavy atom. The maximum Gasteiger partial charge on any atom is 0.231 e. The molecule has 2 aromatic carbocycles. The van der Waals surface area contributed by atoms with E-state index in [4.69, 9.17) is 9.47 Å². The van der Waals surface area contributed by atoms with E-state index in [1.807, 2.05) is 65.5 Å². The standard InChI is InChI=1S/C20H19N3O3/c24-20(12-15-7-8-18-19(11-15)26-14-25-18)22-17(13-23-10-4-9-21-23)16-5-2-1-3-6-16/h1-11,17H,12-14H2,(H,22,24). The molecular formula is C20H19N3O3. The molecule has 1 N–H and O–H groups in total. The average molecular weight is 349 g/mol. The van der Waals surface area contributed by atoms with E-state index in [0.717, 1.165) is 16.9 Å². The minimum Gasteiger partial charge on any atom is -0.454 e. The van der Waals surface area contributed by atoms with Crippen LogP contribution in [-0.4, -0.2) is 22.5 Å². The molecule has 1 unspecified atom stereocenters. The van der Waals surface area contributed by atoms with Crippen molar-refractivity contribution in [2.45, 2.75) is 19.0 Å². The molecule has 6 heteroatoms. The van der Waals surface area contributed by atoms with Crippen LogP contribution in [0.3, 0.4) is 0 Å². The Bertz CT molecular complexity index is 879. The molecule has 2 heterocycles. The first-order chi connectivity index (χ1) is 12.8. The molecule has 0 saturated carbocycles. The summed E-state index contributed by atoms with van der Waals surface area (Å²) in [7, 11) is 0. The highest BCUT2D eigenvalue weighted by atomic mass is 16.7. The number of benzene rings is 2. The Kier molecular flexibility index (Phi) is 4.55. The maximum absolute atomic E-state index is 12.6. The number of carbonyl (C=O) groups excluding carboxylic acids is 1. The molecule has 1 atom stereocenters. The number of nitrogens with zero attached hydrogens (tertiary/aromatic N) is 2. The van der Waals surface area contributed by atoms with Gasteiger partial charge in [0.1, 0.15) is 0 Å². The molecule has 26 heavy (non-hydrogen) atoms. The van der Waals surface area contributed by atoms with Crippen LogP contribution in [0.4, 0.5) is 0 Å². The van der Waals surface area contributed by atoms with E-state index in [1.54, 1.807) is 6.20 Å². The smallest absolute Gasteiger partial charge is 0.231 e. The highest BCUT2D eigenvalue weighted by molar-refractivity contribution is 5.79. The van der Waals surface area contributed by atoms with Crippen LogP contribution in [-0.2, 0) is 17.8 Å². The third kappa shape index (κ3) is 3.69. The highest BCUT2D eigenvalue weighted by Crippen LogP contribution is 2.32. The SMILES string of the molecule is O=C(Cc1ccc2c(c1)OCO2)NC(Cn1cccn1)c1ccccc1. The van der Waals surface area contributed by atoms with E-state index in [1.165, 1.54) is 0 Å². The molecular weight excluding hydrogens is 330 g/mol. The van der Waals surface area contributed by atoms with E-state index < -0.39 is 0 Å². The van der Waals surface area contributed by atoms with Gasteiger partial charge in [-0.3, -0.25) is 9.48 Å². The summed E-state index contributed by atoms with van der Waals surface area (Å²) in [5, 5.41) is 7.36. The first-order valence-corrected chi connectivity index (χ1v) is 8.48. The van der Waals surface area contributed by atoms with Gasteiger partial charge in [0.05, 0.1) is 19.0 Å². The largest absolute Gasteiger partial charge is 0.454 e. The van der Waals surface area contributed by atoms with Gasteiger partial charge in [-0.15, -0.1) is 0 Å². The fraction of sp³-hybridized carbons (Fsp3) is 0.200. The van der Waals surface area contributed by atoms with Crippen molar-refractivity contribution < 1.29 is 14.3 Å². The van der Waals surface area contributed by atoms with Crippen molar-refractivity contribution in [3.63, 3.8) is 0 Å². The molecule has 0 radical (unpaired) electrons. The lowest BCUT2D eigenvalue weighted by atomic mass is 10.1. The summed E-state index contributed by atoms with van der Waals surface area (Å²) in [6.07, 6.45) is 3.90. The normalized spacial score (nSPS) is 13.4. The number of ether oxygens (including phenoxy) is 2. The predicted octanol–water partition coefficient (Wildman–Crippen LogP) is 2.71. The van der Waals surface area contributed by atoms with Crippen molar-refractivity contribution in [3.8, 4) is 11.5 Å². The Balaban J connectivity index is 1.47. The molecule has 1 amide bonds. The van der Waals surface area contributed by atoms with Gasteiger partial charge in [-0.1, -0.05) is 36.4 Å². The zero-order valence-corrected chi connectivity index (χ0v) is 14.2. The van der Waals surface area contributed by atoms with Gasteiger partial charge in [-0.25, -0.2) is 0 Å². The monoisotopic (exact) mass is 349 g/mol. The van der Waals surface area contributed by atoms with Gasteiger partial charge >= 0.3 is 0 Å². The lowest BCUT2D eigenvalue weighted by Gasteiger charge is -2.19. The Morgan fingerprint density at radius 1 is 1.12 bits per heavy atom. The van der Waals surface area contributed by atoms with Crippen LogP contribution in [0.1, 0.15) is 17.2 Å². The number of hydrogen-bond acceptors (Lipinski definition) is 4. The zero-order chi connectivity index (χ0) is 17.8. The van der Waals surface area contributed by atoms with Gasteiger partial charge in [0.2, 0.25) is 12.7 Å². The second-order valence-corrected chi connectivity index (χ2v) is 6.12. The van der Waals surface area contributed by atoms with Crippen molar-refractivity contribution in [1.29, 1.82) is 0 Å². The fourth-order valence-corrected chi connectivity index (χ4v) is 3.00. The summed E-state index contributed by atoms with van der Waals surface area (Å²) in [6, 6.07) is 17.2. The van der Waals surface area contributed by atoms with Gasteiger partial charge in [0.25, 0.3) is 0 Å². The van der Waals surface area contributed by atoms with Crippen molar-refractivity contribution in [1.82, 2.24) is 15.1 Å². The Labute approximate surface area is 151 Å². The minimum absolute atomic E-state index is 0.0510. The van der Waals surface area contributed by atoms with Crippen molar-refractivity contribution in [2.24, 2.45) is 0 Å². The molecule has 3 aromatic rings. The molecule has 0 spiro atoms. The molecule has 0 bridgehead atoms. The summed E-state index contributed by atoms with van der Waals surface area (Å²) >= 11 is 0. The van der Waals surface area contributed by atoms with Gasteiger partial charge in [0, 0.05) is 12.4 Å². The molecule has 1 aromatic heterocycles. The second-order valence-electron chi connectivity index (χ2n) is 6.12. The Hall–Kier alpha value is -3.28. The third-order valence-electron chi connectivity index (χ3n) is 4.27. The van der Waals surface area contributed by atoms with Crippen LogP contribution < -0.4 is 14.8 Å². The van der Waals surface area contributed by atoms with Gasteiger partial charge < -0.3 is 14.8 Å². The lowest BCUT2D eigenvalue weighted by Crippen LogP contribution is -2.32. The fourth-order valence-electron chi connectivity index (χ4n) is 3.00. The van der Waals surface area contributed by atoms with E-state index >= 15 is 0 Å². The van der Waals surface area contributed by atoms with E-state index in [0.29, 0.717) is 12.3 Å². The van der Waals surface area contributed by atoms with Crippen LogP contribution in [0.15, 0.2) is 67.0 Å². The number of fused-ring (bicyclic) bond motifs is 1. The van der Waals surface area contributed by atoms with E-state index in [-0.39, 0.29) is 25.2 Å². The Morgan fingerprint density at radius 3 is 2.77 bits per heavy atom. The minimum atomic E-state index is -0.155. The molecule has 1 aliphatic rings. The summed E-state index contributed by atoms with van der Waals surface area (Å²) in [5.74, 6) is 1.35. The van der Waals surface area contributed by atoms with Crippen molar-refractivity contribution in [3.05, 3.63) is 78.1 Å². The van der Waals surface area contributed by atoms with Crippen LogP contribution in [0.2, 0.25) is 0 Å². The van der Waals surface area contributed by atoms with Crippen LogP contribution >= 0.6 is 0 Å². The molecule has 4 rings (SSSR count). The predicted molar refractivity (Wildman–Crippen MR) is 95.8 cm³/mol. The van der Waals surface area contributed by atoms with Crippen LogP contribution in [0.25, 0.3) is 0 Å². The van der Waals surface area contributed by atoms with Crippen molar-refractivity contribution in [2.75, 3.05) is 6.79 Å². The molecule has 6 nitrogen and oxygen atoms in total. The van der Waals surface area contributed by atoms with Crippen LogP contribution in [0, 0.1) is 0 Å². The maximum atomic E-state index is 12.6. The first-order valence-electron chi connectivity index (χ1n) is 8.48. The first kappa shape index (κ1) is 16.2. The topological polar surface area (TPSA) is 65.4 Å². The quantitative estimate of drug-likeness (QED) is 0.743. The summed E-state index contributed by atoms with van der Waals surface area (Å²) < 4.78 is 12.5.